The van der Waals surface area contributed by atoms with Crippen LogP contribution in [0, 0.1) is 0 Å². The van der Waals surface area contributed by atoms with Crippen molar-refractivity contribution in [2.45, 2.75) is 6.37 Å². The van der Waals surface area contributed by atoms with E-state index in [2.05, 4.69) is 0 Å². The first-order chi connectivity index (χ1) is 3.89. The maximum absolute atomic E-state index is 9.71. The summed E-state index contributed by atoms with van der Waals surface area (Å²) < 4.78 is 12.6. The van der Waals surface area contributed by atoms with E-state index >= 15 is 0 Å². The van der Waals surface area contributed by atoms with Crippen molar-refractivity contribution in [1.29, 1.82) is 0 Å². The van der Waals surface area contributed by atoms with Crippen LogP contribution in [0.2, 0.25) is 0 Å². The van der Waals surface area contributed by atoms with E-state index in [0.717, 1.165) is 0 Å². The maximum atomic E-state index is 9.71. The highest BCUT2D eigenvalue weighted by Crippen LogP contribution is 1.74. The number of hydrogen-bond acceptors (Lipinski definition) is 2. The second-order valence-electron chi connectivity index (χ2n) is 0.735. The lowest BCUT2D eigenvalue weighted by Crippen LogP contribution is -2.03. The van der Waals surface area contributed by atoms with Gasteiger partial charge in [0.05, 0.1) is 2.74 Å². The molecule has 0 atom stereocenters. The average molecular weight is 106 g/mol. The molecule has 0 aromatic carbocycles. The van der Waals surface area contributed by atoms with Gasteiger partial charge in [0, 0.05) is 0 Å². The fourth-order valence-corrected chi connectivity index (χ4v) is 0.0915. The van der Waals surface area contributed by atoms with E-state index in [1.165, 1.54) is 0 Å². The zero-order chi connectivity index (χ0) is 7.65. The van der Waals surface area contributed by atoms with Gasteiger partial charge in [0.25, 0.3) is 0 Å². The van der Waals surface area contributed by atoms with E-state index in [0.29, 0.717) is 0 Å². The van der Waals surface area contributed by atoms with Gasteiger partial charge in [-0.05, 0) is 0 Å². The quantitative estimate of drug-likeness (QED) is 0.467. The van der Waals surface area contributed by atoms with E-state index < -0.39 is 18.3 Å². The molecule has 0 spiro atoms. The van der Waals surface area contributed by atoms with E-state index in [1.807, 2.05) is 0 Å². The Bertz CT molecular complexity index is 136. The highest BCUT2D eigenvalue weighted by Gasteiger charge is 2.01. The molecule has 0 saturated carbocycles. The van der Waals surface area contributed by atoms with Crippen molar-refractivity contribution in [3.05, 3.63) is 0 Å². The molecule has 0 heterocycles. The minimum absolute atomic E-state index is 1.99. The van der Waals surface area contributed by atoms with E-state index in [-0.39, 0.29) is 0 Å². The summed E-state index contributed by atoms with van der Waals surface area (Å²) in [5.41, 5.74) is 0. The van der Waals surface area contributed by atoms with E-state index in [4.69, 9.17) is 13.0 Å². The molecule has 4 nitrogen and oxygen atoms in total. The Morgan fingerprint density at radius 1 is 1.43 bits per heavy atom. The number of carbonyl (C=O) groups is 2. The van der Waals surface area contributed by atoms with Gasteiger partial charge in [0.2, 0.25) is 0 Å². The number of rotatable bonds is 2. The van der Waals surface area contributed by atoms with Crippen LogP contribution >= 0.6 is 0 Å². The van der Waals surface area contributed by atoms with E-state index in [1.54, 1.807) is 0 Å². The van der Waals surface area contributed by atoms with Gasteiger partial charge in [-0.1, -0.05) is 0 Å². The largest absolute Gasteiger partial charge is 0.481 e. The lowest BCUT2D eigenvalue weighted by Gasteiger charge is -1.80. The zero-order valence-corrected chi connectivity index (χ0v) is 3.21. The van der Waals surface area contributed by atoms with Crippen LogP contribution in [0.4, 0.5) is 0 Å². The summed E-state index contributed by atoms with van der Waals surface area (Å²) in [5.74, 6) is -3.98. The molecule has 0 saturated heterocycles. The molecule has 4 heteroatoms. The zero-order valence-electron chi connectivity index (χ0n) is 5.21. The van der Waals surface area contributed by atoms with Gasteiger partial charge in [-0.3, -0.25) is 9.59 Å². The van der Waals surface area contributed by atoms with Gasteiger partial charge in [0.15, 0.2) is 0 Å². The van der Waals surface area contributed by atoms with Crippen LogP contribution in [0.25, 0.3) is 0 Å². The Balaban J connectivity index is 4.38. The predicted octanol–water partition coefficient (Wildman–Crippen LogP) is -0.454. The number of carboxylic acid groups (broad SMARTS) is 2. The molecule has 0 amide bonds. The van der Waals surface area contributed by atoms with Crippen molar-refractivity contribution in [2.24, 2.45) is 0 Å². The van der Waals surface area contributed by atoms with Gasteiger partial charge in [-0.15, -0.1) is 0 Å². The van der Waals surface area contributed by atoms with Crippen LogP contribution in [-0.4, -0.2) is 22.2 Å². The normalized spacial score (nSPS) is 14.3. The summed E-state index contributed by atoms with van der Waals surface area (Å²) in [6, 6.07) is 0. The second-order valence-corrected chi connectivity index (χ2v) is 0.735. The van der Waals surface area contributed by atoms with Crippen molar-refractivity contribution in [1.82, 2.24) is 0 Å². The lowest BCUT2D eigenvalue weighted by atomic mass is 10.5. The van der Waals surface area contributed by atoms with Crippen molar-refractivity contribution in [3.63, 3.8) is 0 Å². The second kappa shape index (κ2) is 2.17. The molecule has 0 radical (unpaired) electrons. The molecule has 40 valence electrons. The van der Waals surface area contributed by atoms with Crippen molar-refractivity contribution in [2.75, 3.05) is 0 Å². The van der Waals surface area contributed by atoms with Crippen molar-refractivity contribution < 1.29 is 22.5 Å². The Morgan fingerprint density at radius 2 is 1.71 bits per heavy atom. The third-order valence-electron chi connectivity index (χ3n) is 0.214. The number of carboxylic acids is 2. The third kappa shape index (κ3) is 4.94. The molecule has 0 aliphatic heterocycles. The first-order valence-corrected chi connectivity index (χ1v) is 1.36. The average Bonchev–Trinajstić information content (AvgIpc) is 1.65. The molecular formula is C3H4O4. The highest BCUT2D eigenvalue weighted by atomic mass is 16.4. The van der Waals surface area contributed by atoms with Gasteiger partial charge >= 0.3 is 11.9 Å². The molecule has 0 aliphatic rings. The minimum Gasteiger partial charge on any atom is -0.481 e. The van der Waals surface area contributed by atoms with Gasteiger partial charge in [0.1, 0.15) is 6.37 Å². The lowest BCUT2D eigenvalue weighted by molar-refractivity contribution is -0.147. The summed E-state index contributed by atoms with van der Waals surface area (Å²) >= 11 is 0. The summed E-state index contributed by atoms with van der Waals surface area (Å²) in [6.07, 6.45) is -3.17. The molecule has 0 aromatic rings. The summed E-state index contributed by atoms with van der Waals surface area (Å²) in [4.78, 5) is 19.4. The maximum Gasteiger partial charge on any atom is 0.314 e. The number of hydrogen-bond donors (Lipinski definition) is 2. The fraction of sp³-hybridized carbons (Fsp3) is 0.333. The summed E-state index contributed by atoms with van der Waals surface area (Å²) in [6.45, 7) is 0. The molecule has 0 fully saturated rings. The molecule has 7 heavy (non-hydrogen) atoms. The first kappa shape index (κ1) is 3.01. The van der Waals surface area contributed by atoms with Gasteiger partial charge in [-0.25, -0.2) is 0 Å². The van der Waals surface area contributed by atoms with Crippen molar-refractivity contribution in [3.8, 4) is 0 Å². The van der Waals surface area contributed by atoms with Crippen LogP contribution in [0.15, 0.2) is 0 Å². The van der Waals surface area contributed by atoms with Crippen LogP contribution in [-0.2, 0) is 9.59 Å². The van der Waals surface area contributed by atoms with Crippen molar-refractivity contribution >= 4 is 11.9 Å². The molecule has 0 unspecified atom stereocenters. The Morgan fingerprint density at radius 3 is 1.71 bits per heavy atom. The van der Waals surface area contributed by atoms with Crippen LogP contribution in [0.5, 0.6) is 0 Å². The topological polar surface area (TPSA) is 74.6 Å². The third-order valence-corrected chi connectivity index (χ3v) is 0.214. The Kier molecular flexibility index (Phi) is 0.934. The molecule has 0 aliphatic carbocycles. The van der Waals surface area contributed by atoms with Gasteiger partial charge in [-0.2, -0.15) is 0 Å². The molecule has 0 bridgehead atoms. The molecular weight excluding hydrogens is 100 g/mol. The van der Waals surface area contributed by atoms with Gasteiger partial charge < -0.3 is 10.2 Å². The summed E-state index contributed by atoms with van der Waals surface area (Å²) in [7, 11) is 0. The molecule has 2 N–H and O–H groups in total. The standard InChI is InChI=1S/C3H4O4/c4-2(5)1-3(6)7/h1H2,(H,4,5)(H,6,7)/i1D2. The van der Waals surface area contributed by atoms with Crippen LogP contribution in [0.3, 0.4) is 0 Å². The highest BCUT2D eigenvalue weighted by molar-refractivity contribution is 5.88. The Hall–Kier alpha value is -1.06. The molecule has 0 rings (SSSR count). The van der Waals surface area contributed by atoms with Crippen LogP contribution in [0.1, 0.15) is 9.11 Å². The predicted molar refractivity (Wildman–Crippen MR) is 19.9 cm³/mol. The summed E-state index contributed by atoms with van der Waals surface area (Å²) in [5, 5.41) is 15.7. The fourth-order valence-electron chi connectivity index (χ4n) is 0.0915. The smallest absolute Gasteiger partial charge is 0.314 e. The van der Waals surface area contributed by atoms with Crippen LogP contribution < -0.4 is 0 Å². The minimum atomic E-state index is -3.17. The Labute approximate surface area is 42.2 Å². The SMILES string of the molecule is [2H]C([2H])(C(=O)O)C(=O)O. The number of aliphatic carboxylic acids is 2. The van der Waals surface area contributed by atoms with E-state index in [9.17, 15) is 9.59 Å². The molecule has 0 aromatic heterocycles. The first-order valence-electron chi connectivity index (χ1n) is 2.36. The monoisotopic (exact) mass is 106 g/mol.